The van der Waals surface area contributed by atoms with Crippen LogP contribution in [0.25, 0.3) is 0 Å². The molecule has 1 aliphatic rings. The van der Waals surface area contributed by atoms with Crippen molar-refractivity contribution in [3.63, 3.8) is 0 Å². The third-order valence-corrected chi connectivity index (χ3v) is 4.87. The molecule has 0 radical (unpaired) electrons. The maximum atomic E-state index is 13.0. The van der Waals surface area contributed by atoms with Gasteiger partial charge >= 0.3 is 6.03 Å². The van der Waals surface area contributed by atoms with Crippen LogP contribution >= 0.6 is 11.6 Å². The summed E-state index contributed by atoms with van der Waals surface area (Å²) in [4.78, 5) is 26.4. The number of aliphatic hydroxyl groups is 1. The quantitative estimate of drug-likeness (QED) is 0.715. The molecule has 6 nitrogen and oxygen atoms in total. The van der Waals surface area contributed by atoms with Gasteiger partial charge in [-0.15, -0.1) is 0 Å². The minimum Gasteiger partial charge on any atom is -0.491 e. The number of imide groups is 1. The summed E-state index contributed by atoms with van der Waals surface area (Å²) in [6.45, 7) is 1.64. The van der Waals surface area contributed by atoms with E-state index >= 15 is 0 Å². The van der Waals surface area contributed by atoms with Crippen LogP contribution in [-0.4, -0.2) is 41.2 Å². The molecule has 2 aromatic rings. The van der Waals surface area contributed by atoms with Crippen molar-refractivity contribution < 1.29 is 19.4 Å². The van der Waals surface area contributed by atoms with Crippen molar-refractivity contribution in [2.24, 2.45) is 0 Å². The van der Waals surface area contributed by atoms with E-state index in [1.54, 1.807) is 24.3 Å². The van der Waals surface area contributed by atoms with Crippen molar-refractivity contribution in [2.45, 2.75) is 25.0 Å². The molecule has 2 unspecified atom stereocenters. The Balaban J connectivity index is 1.67. The second-order valence-corrected chi connectivity index (χ2v) is 6.83. The zero-order valence-electron chi connectivity index (χ0n) is 14.9. The highest BCUT2D eigenvalue weighted by atomic mass is 35.5. The summed E-state index contributed by atoms with van der Waals surface area (Å²) in [5.41, 5.74) is -0.380. The molecule has 1 heterocycles. The molecular weight excluding hydrogens is 368 g/mol. The Bertz CT molecular complexity index is 812. The molecule has 0 saturated carbocycles. The standard InChI is InChI=1S/C20H21ClN2O4/c1-2-20(14-6-4-3-5-7-14)18(25)23(19(26)22-20)12-16(24)13-27-17-10-8-15(21)9-11-17/h3-11,16,24H,2,12-13H2,1H3,(H,22,26). The number of nitrogens with zero attached hydrogens (tertiary/aromatic N) is 1. The van der Waals surface area contributed by atoms with Crippen LogP contribution in [0.1, 0.15) is 18.9 Å². The highest BCUT2D eigenvalue weighted by Gasteiger charge is 2.51. The van der Waals surface area contributed by atoms with Crippen molar-refractivity contribution in [3.05, 3.63) is 65.2 Å². The number of aliphatic hydroxyl groups excluding tert-OH is 1. The molecule has 2 N–H and O–H groups in total. The van der Waals surface area contributed by atoms with E-state index in [0.29, 0.717) is 17.2 Å². The normalized spacial score (nSPS) is 20.5. The van der Waals surface area contributed by atoms with Crippen molar-refractivity contribution in [3.8, 4) is 5.75 Å². The predicted octanol–water partition coefficient (Wildman–Crippen LogP) is 2.94. The van der Waals surface area contributed by atoms with Crippen molar-refractivity contribution in [1.82, 2.24) is 10.2 Å². The first-order valence-corrected chi connectivity index (χ1v) is 9.10. The number of amides is 3. The van der Waals surface area contributed by atoms with Crippen LogP contribution in [0.5, 0.6) is 5.75 Å². The van der Waals surface area contributed by atoms with Gasteiger partial charge in [0.05, 0.1) is 6.54 Å². The Morgan fingerprint density at radius 1 is 1.15 bits per heavy atom. The van der Waals surface area contributed by atoms with Gasteiger partial charge in [-0.1, -0.05) is 48.9 Å². The van der Waals surface area contributed by atoms with Gasteiger partial charge in [-0.2, -0.15) is 0 Å². The van der Waals surface area contributed by atoms with E-state index in [2.05, 4.69) is 5.32 Å². The van der Waals surface area contributed by atoms with E-state index in [1.165, 1.54) is 0 Å². The van der Waals surface area contributed by atoms with E-state index in [9.17, 15) is 14.7 Å². The Labute approximate surface area is 162 Å². The first-order chi connectivity index (χ1) is 13.0. The fourth-order valence-corrected chi connectivity index (χ4v) is 3.27. The zero-order chi connectivity index (χ0) is 19.4. The summed E-state index contributed by atoms with van der Waals surface area (Å²) in [7, 11) is 0. The van der Waals surface area contributed by atoms with Crippen LogP contribution in [0.3, 0.4) is 0 Å². The topological polar surface area (TPSA) is 78.9 Å². The first-order valence-electron chi connectivity index (χ1n) is 8.72. The number of carbonyl (C=O) groups excluding carboxylic acids is 2. The Kier molecular flexibility index (Phi) is 5.68. The summed E-state index contributed by atoms with van der Waals surface area (Å²) < 4.78 is 5.49. The molecule has 142 valence electrons. The lowest BCUT2D eigenvalue weighted by Gasteiger charge is -2.26. The molecule has 27 heavy (non-hydrogen) atoms. The number of hydrogen-bond acceptors (Lipinski definition) is 4. The monoisotopic (exact) mass is 388 g/mol. The molecule has 1 fully saturated rings. The maximum Gasteiger partial charge on any atom is 0.325 e. The summed E-state index contributed by atoms with van der Waals surface area (Å²) in [5.74, 6) is 0.176. The number of carbonyl (C=O) groups is 2. The van der Waals surface area contributed by atoms with E-state index in [0.717, 1.165) is 10.5 Å². The van der Waals surface area contributed by atoms with Crippen LogP contribution < -0.4 is 10.1 Å². The molecule has 0 bridgehead atoms. The van der Waals surface area contributed by atoms with Gasteiger partial charge in [-0.25, -0.2) is 4.79 Å². The number of nitrogens with one attached hydrogen (secondary N) is 1. The zero-order valence-corrected chi connectivity index (χ0v) is 15.6. The molecule has 2 aromatic carbocycles. The SMILES string of the molecule is CCC1(c2ccccc2)NC(=O)N(CC(O)COc2ccc(Cl)cc2)C1=O. The predicted molar refractivity (Wildman–Crippen MR) is 102 cm³/mol. The highest BCUT2D eigenvalue weighted by Crippen LogP contribution is 2.32. The molecule has 1 saturated heterocycles. The Morgan fingerprint density at radius 3 is 2.44 bits per heavy atom. The van der Waals surface area contributed by atoms with Crippen LogP contribution in [0.15, 0.2) is 54.6 Å². The first kappa shape index (κ1) is 19.2. The van der Waals surface area contributed by atoms with Gasteiger partial charge in [-0.3, -0.25) is 9.69 Å². The van der Waals surface area contributed by atoms with Gasteiger partial charge in [0.15, 0.2) is 0 Å². The lowest BCUT2D eigenvalue weighted by atomic mass is 9.87. The third kappa shape index (κ3) is 3.91. The minimum atomic E-state index is -1.10. The average Bonchev–Trinajstić information content (AvgIpc) is 2.93. The molecule has 3 amide bonds. The van der Waals surface area contributed by atoms with Crippen molar-refractivity contribution in [1.29, 1.82) is 0 Å². The lowest BCUT2D eigenvalue weighted by molar-refractivity contribution is -0.132. The van der Waals surface area contributed by atoms with Gasteiger partial charge < -0.3 is 15.2 Å². The van der Waals surface area contributed by atoms with Crippen LogP contribution in [-0.2, 0) is 10.3 Å². The van der Waals surface area contributed by atoms with Gasteiger partial charge in [-0.05, 0) is 36.2 Å². The second kappa shape index (κ2) is 7.98. The average molecular weight is 389 g/mol. The highest BCUT2D eigenvalue weighted by molar-refractivity contribution is 6.30. The minimum absolute atomic E-state index is 0.0524. The Hall–Kier alpha value is -2.57. The lowest BCUT2D eigenvalue weighted by Crippen LogP contribution is -2.44. The number of urea groups is 1. The van der Waals surface area contributed by atoms with Gasteiger partial charge in [0.2, 0.25) is 0 Å². The largest absolute Gasteiger partial charge is 0.491 e. The van der Waals surface area contributed by atoms with Crippen LogP contribution in [0, 0.1) is 0 Å². The third-order valence-electron chi connectivity index (χ3n) is 4.62. The van der Waals surface area contributed by atoms with Crippen LogP contribution in [0.2, 0.25) is 5.02 Å². The van der Waals surface area contributed by atoms with Crippen LogP contribution in [0.4, 0.5) is 4.79 Å². The number of benzene rings is 2. The molecule has 0 aromatic heterocycles. The van der Waals surface area contributed by atoms with Gasteiger partial charge in [0, 0.05) is 5.02 Å². The maximum absolute atomic E-state index is 13.0. The number of halogens is 1. The second-order valence-electron chi connectivity index (χ2n) is 6.39. The van der Waals surface area contributed by atoms with Gasteiger partial charge in [0.1, 0.15) is 24.0 Å². The van der Waals surface area contributed by atoms with E-state index < -0.39 is 17.7 Å². The summed E-state index contributed by atoms with van der Waals surface area (Å²) in [5, 5.41) is 13.6. The summed E-state index contributed by atoms with van der Waals surface area (Å²) in [6, 6.07) is 15.3. The fourth-order valence-electron chi connectivity index (χ4n) is 3.14. The number of rotatable bonds is 7. The Morgan fingerprint density at radius 2 is 1.81 bits per heavy atom. The smallest absolute Gasteiger partial charge is 0.325 e. The summed E-state index contributed by atoms with van der Waals surface area (Å²) >= 11 is 5.82. The summed E-state index contributed by atoms with van der Waals surface area (Å²) in [6.07, 6.45) is -0.603. The number of β-amino-alcohol motifs (C(OH)–C–C–N with tert-alkyl or cyclic N) is 1. The molecule has 0 spiro atoms. The molecular formula is C20H21ClN2O4. The van der Waals surface area contributed by atoms with Gasteiger partial charge in [0.25, 0.3) is 5.91 Å². The van der Waals surface area contributed by atoms with E-state index in [1.807, 2.05) is 37.3 Å². The van der Waals surface area contributed by atoms with E-state index in [4.69, 9.17) is 16.3 Å². The fraction of sp³-hybridized carbons (Fsp3) is 0.300. The van der Waals surface area contributed by atoms with Crippen molar-refractivity contribution in [2.75, 3.05) is 13.2 Å². The molecule has 7 heteroatoms. The molecule has 0 aliphatic carbocycles. The number of hydrogen-bond donors (Lipinski definition) is 2. The van der Waals surface area contributed by atoms with E-state index in [-0.39, 0.29) is 19.1 Å². The molecule has 1 aliphatic heterocycles. The van der Waals surface area contributed by atoms with Crippen molar-refractivity contribution >= 4 is 23.5 Å². The number of ether oxygens (including phenoxy) is 1. The molecule has 3 rings (SSSR count). The molecule has 2 atom stereocenters.